The first kappa shape index (κ1) is 15.5. The van der Waals surface area contributed by atoms with Crippen LogP contribution in [0.4, 0.5) is 17.5 Å². The van der Waals surface area contributed by atoms with Crippen LogP contribution in [0, 0.1) is 0 Å². The zero-order valence-electron chi connectivity index (χ0n) is 13.5. The number of para-hydroxylation sites is 2. The molecule has 1 aromatic heterocycles. The molecule has 3 rings (SSSR count). The molecule has 1 aliphatic carbocycles. The summed E-state index contributed by atoms with van der Waals surface area (Å²) in [5, 5.41) is 14.8. The van der Waals surface area contributed by atoms with Crippen LogP contribution in [0.5, 0.6) is 5.75 Å². The molecule has 0 aliphatic heterocycles. The fourth-order valence-electron chi connectivity index (χ4n) is 2.85. The largest absolute Gasteiger partial charge is 0.492 e. The lowest BCUT2D eigenvalue weighted by molar-refractivity contribution is 0.342. The first-order chi connectivity index (χ1) is 11.3. The number of aromatic nitrogens is 3. The van der Waals surface area contributed by atoms with Gasteiger partial charge in [0, 0.05) is 6.04 Å². The summed E-state index contributed by atoms with van der Waals surface area (Å²) in [7, 11) is 0. The van der Waals surface area contributed by atoms with Crippen LogP contribution in [0.2, 0.25) is 0 Å². The molecule has 0 bridgehead atoms. The number of rotatable bonds is 6. The van der Waals surface area contributed by atoms with Crippen LogP contribution in [-0.2, 0) is 0 Å². The van der Waals surface area contributed by atoms with E-state index in [0.717, 1.165) is 17.3 Å². The van der Waals surface area contributed by atoms with Crippen molar-refractivity contribution in [1.29, 1.82) is 0 Å². The Kier molecular flexibility index (Phi) is 5.24. The number of hydrogen-bond acceptors (Lipinski definition) is 6. The Bertz CT molecular complexity index is 628. The molecular formula is C17H23N5O. The molecule has 6 heteroatoms. The van der Waals surface area contributed by atoms with Crippen molar-refractivity contribution in [2.75, 3.05) is 17.2 Å². The highest BCUT2D eigenvalue weighted by molar-refractivity contribution is 5.62. The minimum Gasteiger partial charge on any atom is -0.492 e. The van der Waals surface area contributed by atoms with Gasteiger partial charge in [-0.2, -0.15) is 10.1 Å². The van der Waals surface area contributed by atoms with Crippen LogP contribution in [0.1, 0.15) is 39.0 Å². The van der Waals surface area contributed by atoms with E-state index >= 15 is 0 Å². The summed E-state index contributed by atoms with van der Waals surface area (Å²) in [5.41, 5.74) is 0.839. The van der Waals surface area contributed by atoms with Gasteiger partial charge in [-0.15, -0.1) is 5.10 Å². The average Bonchev–Trinajstić information content (AvgIpc) is 2.58. The van der Waals surface area contributed by atoms with Crippen molar-refractivity contribution in [3.05, 3.63) is 30.5 Å². The van der Waals surface area contributed by atoms with E-state index in [1.807, 2.05) is 31.2 Å². The standard InChI is InChI=1S/C17H23N5O/c1-2-23-15-11-7-6-10-14(15)20-17-21-16(12-18-22-17)19-13-8-4-3-5-9-13/h6-7,10-13H,2-5,8-9H2,1H3,(H2,19,20,21,22). The third kappa shape index (κ3) is 4.31. The van der Waals surface area contributed by atoms with Gasteiger partial charge in [-0.3, -0.25) is 0 Å². The topological polar surface area (TPSA) is 72.0 Å². The third-order valence-electron chi connectivity index (χ3n) is 3.95. The molecule has 0 atom stereocenters. The molecular weight excluding hydrogens is 290 g/mol. The predicted molar refractivity (Wildman–Crippen MR) is 91.2 cm³/mol. The van der Waals surface area contributed by atoms with Crippen molar-refractivity contribution in [3.63, 3.8) is 0 Å². The van der Waals surface area contributed by atoms with E-state index in [1.165, 1.54) is 32.1 Å². The maximum Gasteiger partial charge on any atom is 0.249 e. The Morgan fingerprint density at radius 1 is 1.17 bits per heavy atom. The Balaban J connectivity index is 1.70. The summed E-state index contributed by atoms with van der Waals surface area (Å²) >= 11 is 0. The molecule has 0 amide bonds. The fourth-order valence-corrected chi connectivity index (χ4v) is 2.85. The molecule has 2 aromatic rings. The molecule has 1 aliphatic rings. The van der Waals surface area contributed by atoms with Crippen molar-refractivity contribution in [2.45, 2.75) is 45.1 Å². The van der Waals surface area contributed by atoms with Crippen LogP contribution >= 0.6 is 0 Å². The summed E-state index contributed by atoms with van der Waals surface area (Å²) in [6, 6.07) is 8.24. The van der Waals surface area contributed by atoms with Crippen LogP contribution in [0.25, 0.3) is 0 Å². The Hall–Kier alpha value is -2.37. The summed E-state index contributed by atoms with van der Waals surface area (Å²) in [4.78, 5) is 4.51. The van der Waals surface area contributed by atoms with Gasteiger partial charge in [0.25, 0.3) is 0 Å². The van der Waals surface area contributed by atoms with Crippen molar-refractivity contribution in [3.8, 4) is 5.75 Å². The summed E-state index contributed by atoms with van der Waals surface area (Å²) in [6.45, 7) is 2.57. The molecule has 0 spiro atoms. The lowest BCUT2D eigenvalue weighted by Gasteiger charge is -2.23. The molecule has 0 unspecified atom stereocenters. The maximum absolute atomic E-state index is 5.61. The molecule has 1 heterocycles. The van der Waals surface area contributed by atoms with Gasteiger partial charge in [0.2, 0.25) is 5.95 Å². The predicted octanol–water partition coefficient (Wildman–Crippen LogP) is 3.76. The van der Waals surface area contributed by atoms with Gasteiger partial charge in [0.05, 0.1) is 18.5 Å². The molecule has 0 saturated heterocycles. The normalized spacial score (nSPS) is 15.2. The van der Waals surface area contributed by atoms with Crippen LogP contribution in [-0.4, -0.2) is 27.8 Å². The van der Waals surface area contributed by atoms with E-state index < -0.39 is 0 Å². The average molecular weight is 313 g/mol. The Morgan fingerprint density at radius 3 is 2.83 bits per heavy atom. The second-order valence-electron chi connectivity index (χ2n) is 5.70. The van der Waals surface area contributed by atoms with Crippen LogP contribution in [0.15, 0.2) is 30.5 Å². The number of anilines is 3. The maximum atomic E-state index is 5.61. The minimum atomic E-state index is 0.470. The second kappa shape index (κ2) is 7.76. The highest BCUT2D eigenvalue weighted by atomic mass is 16.5. The number of hydrogen-bond donors (Lipinski definition) is 2. The molecule has 1 fully saturated rings. The Morgan fingerprint density at radius 2 is 2.00 bits per heavy atom. The molecule has 23 heavy (non-hydrogen) atoms. The van der Waals surface area contributed by atoms with E-state index in [-0.39, 0.29) is 0 Å². The van der Waals surface area contributed by atoms with E-state index in [9.17, 15) is 0 Å². The van der Waals surface area contributed by atoms with E-state index in [1.54, 1.807) is 6.20 Å². The number of nitrogens with one attached hydrogen (secondary N) is 2. The van der Waals surface area contributed by atoms with Crippen molar-refractivity contribution >= 4 is 17.5 Å². The number of nitrogens with zero attached hydrogens (tertiary/aromatic N) is 3. The first-order valence-corrected chi connectivity index (χ1v) is 8.30. The van der Waals surface area contributed by atoms with Gasteiger partial charge in [-0.05, 0) is 31.9 Å². The highest BCUT2D eigenvalue weighted by Crippen LogP contribution is 2.26. The monoisotopic (exact) mass is 313 g/mol. The zero-order valence-corrected chi connectivity index (χ0v) is 13.5. The van der Waals surface area contributed by atoms with Gasteiger partial charge in [-0.25, -0.2) is 0 Å². The lowest BCUT2D eigenvalue weighted by atomic mass is 9.96. The van der Waals surface area contributed by atoms with Crippen LogP contribution < -0.4 is 15.4 Å². The molecule has 1 saturated carbocycles. The van der Waals surface area contributed by atoms with Gasteiger partial charge >= 0.3 is 0 Å². The van der Waals surface area contributed by atoms with E-state index in [4.69, 9.17) is 4.74 Å². The Labute approximate surface area is 136 Å². The van der Waals surface area contributed by atoms with Crippen molar-refractivity contribution in [2.24, 2.45) is 0 Å². The van der Waals surface area contributed by atoms with Gasteiger partial charge in [0.1, 0.15) is 5.75 Å². The highest BCUT2D eigenvalue weighted by Gasteiger charge is 2.14. The summed E-state index contributed by atoms with van der Waals surface area (Å²) in [6.07, 6.45) is 7.96. The first-order valence-electron chi connectivity index (χ1n) is 8.30. The quantitative estimate of drug-likeness (QED) is 0.846. The summed E-state index contributed by atoms with van der Waals surface area (Å²) in [5.74, 6) is 2.02. The van der Waals surface area contributed by atoms with Gasteiger partial charge in [0.15, 0.2) is 5.82 Å². The molecule has 0 radical (unpaired) electrons. The fraction of sp³-hybridized carbons (Fsp3) is 0.471. The van der Waals surface area contributed by atoms with E-state index in [2.05, 4.69) is 25.8 Å². The smallest absolute Gasteiger partial charge is 0.249 e. The zero-order chi connectivity index (χ0) is 15.9. The van der Waals surface area contributed by atoms with Gasteiger partial charge in [-0.1, -0.05) is 31.4 Å². The SMILES string of the molecule is CCOc1ccccc1Nc1nncc(NC2CCCCC2)n1. The van der Waals surface area contributed by atoms with E-state index in [0.29, 0.717) is 18.6 Å². The van der Waals surface area contributed by atoms with Crippen molar-refractivity contribution < 1.29 is 4.74 Å². The molecule has 1 aromatic carbocycles. The van der Waals surface area contributed by atoms with Gasteiger partial charge < -0.3 is 15.4 Å². The molecule has 6 nitrogen and oxygen atoms in total. The minimum absolute atomic E-state index is 0.470. The lowest BCUT2D eigenvalue weighted by Crippen LogP contribution is -2.23. The summed E-state index contributed by atoms with van der Waals surface area (Å²) < 4.78 is 5.61. The second-order valence-corrected chi connectivity index (χ2v) is 5.70. The van der Waals surface area contributed by atoms with Crippen molar-refractivity contribution in [1.82, 2.24) is 15.2 Å². The van der Waals surface area contributed by atoms with Crippen LogP contribution in [0.3, 0.4) is 0 Å². The number of benzene rings is 1. The third-order valence-corrected chi connectivity index (χ3v) is 3.95. The molecule has 2 N–H and O–H groups in total. The number of ether oxygens (including phenoxy) is 1. The molecule has 122 valence electrons.